The van der Waals surface area contributed by atoms with Crippen LogP contribution >= 0.6 is 12.8 Å². The highest BCUT2D eigenvalue weighted by Gasteiger charge is 2.30. The van der Waals surface area contributed by atoms with Gasteiger partial charge in [-0.1, -0.05) is 12.8 Å². The summed E-state index contributed by atoms with van der Waals surface area (Å²) in [5, 5.41) is 11.9. The number of nitrogens with zero attached hydrogens (tertiary/aromatic N) is 1. The Bertz CT molecular complexity index is 447. The zero-order chi connectivity index (χ0) is 11.0. The molecule has 0 bridgehead atoms. The lowest BCUT2D eigenvalue weighted by Gasteiger charge is -2.05. The Labute approximate surface area is 91.2 Å². The molecule has 0 saturated heterocycles. The van der Waals surface area contributed by atoms with Crippen LogP contribution in [0, 0.1) is 0 Å². The van der Waals surface area contributed by atoms with Crippen LogP contribution in [-0.4, -0.2) is 21.7 Å². The lowest BCUT2D eigenvalue weighted by atomic mass is 10.1. The molecule has 0 atom stereocenters. The molecule has 5 nitrogen and oxygen atoms in total. The number of phenols is 1. The number of thiol groups is 1. The molecule has 1 aromatic carbocycles. The first-order chi connectivity index (χ1) is 7.15. The first-order valence-corrected chi connectivity index (χ1v) is 4.61. The van der Waals surface area contributed by atoms with E-state index in [4.69, 9.17) is 0 Å². The van der Waals surface area contributed by atoms with Crippen molar-refractivity contribution in [3.8, 4) is 5.75 Å². The molecule has 78 valence electrons. The number of hydrogen-bond acceptors (Lipinski definition) is 4. The van der Waals surface area contributed by atoms with E-state index in [0.29, 0.717) is 23.2 Å². The van der Waals surface area contributed by atoms with Crippen molar-refractivity contribution in [2.75, 3.05) is 5.32 Å². The molecule has 6 heteroatoms. The van der Waals surface area contributed by atoms with Gasteiger partial charge < -0.3 is 10.4 Å². The fraction of sp³-hybridized carbons (Fsp3) is 0.111. The van der Waals surface area contributed by atoms with Gasteiger partial charge in [0.1, 0.15) is 5.75 Å². The Hall–Kier alpha value is -1.69. The molecular formula is C9H8N2O3S. The molecule has 1 heterocycles. The number of amides is 2. The lowest BCUT2D eigenvalue weighted by molar-refractivity contribution is -0.105. The van der Waals surface area contributed by atoms with Crippen LogP contribution < -0.4 is 5.32 Å². The Morgan fingerprint density at radius 2 is 2.27 bits per heavy atom. The van der Waals surface area contributed by atoms with Crippen molar-refractivity contribution in [1.82, 2.24) is 4.31 Å². The molecule has 0 aromatic heterocycles. The maximum absolute atomic E-state index is 11.6. The van der Waals surface area contributed by atoms with Crippen molar-refractivity contribution in [2.45, 2.75) is 6.54 Å². The van der Waals surface area contributed by atoms with E-state index < -0.39 is 0 Å². The van der Waals surface area contributed by atoms with Crippen molar-refractivity contribution in [3.63, 3.8) is 0 Å². The second kappa shape index (κ2) is 3.47. The van der Waals surface area contributed by atoms with Crippen molar-refractivity contribution >= 4 is 30.8 Å². The maximum Gasteiger partial charge on any atom is 0.266 e. The van der Waals surface area contributed by atoms with Gasteiger partial charge in [-0.3, -0.25) is 13.9 Å². The van der Waals surface area contributed by atoms with Crippen molar-refractivity contribution in [1.29, 1.82) is 0 Å². The van der Waals surface area contributed by atoms with E-state index in [1.165, 1.54) is 16.4 Å². The fourth-order valence-electron chi connectivity index (χ4n) is 1.58. The van der Waals surface area contributed by atoms with Crippen LogP contribution in [0.25, 0.3) is 0 Å². The third-order valence-electron chi connectivity index (χ3n) is 2.26. The van der Waals surface area contributed by atoms with Crippen LogP contribution in [0.2, 0.25) is 0 Å². The monoisotopic (exact) mass is 224 g/mol. The number of anilines is 1. The number of hydrogen-bond donors (Lipinski definition) is 3. The number of benzene rings is 1. The number of aromatic hydroxyl groups is 1. The van der Waals surface area contributed by atoms with Gasteiger partial charge in [-0.05, 0) is 12.1 Å². The molecule has 1 aliphatic rings. The Morgan fingerprint density at radius 3 is 2.93 bits per heavy atom. The quantitative estimate of drug-likeness (QED) is 0.394. The van der Waals surface area contributed by atoms with Gasteiger partial charge in [0.05, 0.1) is 17.8 Å². The minimum Gasteiger partial charge on any atom is -0.508 e. The maximum atomic E-state index is 11.6. The Morgan fingerprint density at radius 1 is 1.53 bits per heavy atom. The van der Waals surface area contributed by atoms with E-state index in [1.54, 1.807) is 0 Å². The van der Waals surface area contributed by atoms with Crippen LogP contribution in [0.4, 0.5) is 5.69 Å². The summed E-state index contributed by atoms with van der Waals surface area (Å²) in [5.74, 6) is -0.292. The predicted octanol–water partition coefficient (Wildman–Crippen LogP) is 0.761. The molecule has 2 N–H and O–H groups in total. The molecule has 15 heavy (non-hydrogen) atoms. The molecule has 1 aliphatic heterocycles. The average Bonchev–Trinajstić information content (AvgIpc) is 2.50. The van der Waals surface area contributed by atoms with Gasteiger partial charge in [-0.2, -0.15) is 0 Å². The van der Waals surface area contributed by atoms with Gasteiger partial charge >= 0.3 is 0 Å². The summed E-state index contributed by atoms with van der Waals surface area (Å²) in [6, 6.07) is 2.91. The summed E-state index contributed by atoms with van der Waals surface area (Å²) in [4.78, 5) is 22.0. The van der Waals surface area contributed by atoms with Crippen LogP contribution in [0.1, 0.15) is 15.9 Å². The van der Waals surface area contributed by atoms with Gasteiger partial charge in [0.15, 0.2) is 0 Å². The van der Waals surface area contributed by atoms with Gasteiger partial charge in [-0.25, -0.2) is 0 Å². The van der Waals surface area contributed by atoms with Crippen molar-refractivity contribution in [3.05, 3.63) is 23.3 Å². The molecule has 2 amide bonds. The van der Waals surface area contributed by atoms with Crippen LogP contribution in [0.15, 0.2) is 12.1 Å². The normalized spacial score (nSPS) is 13.9. The van der Waals surface area contributed by atoms with E-state index in [9.17, 15) is 14.7 Å². The van der Waals surface area contributed by atoms with Gasteiger partial charge in [0.25, 0.3) is 5.91 Å². The largest absolute Gasteiger partial charge is 0.508 e. The van der Waals surface area contributed by atoms with E-state index in [-0.39, 0.29) is 18.2 Å². The highest BCUT2D eigenvalue weighted by atomic mass is 32.1. The number of carbonyl (C=O) groups is 2. The van der Waals surface area contributed by atoms with E-state index in [1.807, 2.05) is 0 Å². The summed E-state index contributed by atoms with van der Waals surface area (Å²) in [6.07, 6.45) is 0.487. The number of nitrogens with one attached hydrogen (secondary N) is 1. The highest BCUT2D eigenvalue weighted by molar-refractivity contribution is 7.78. The second-order valence-electron chi connectivity index (χ2n) is 3.11. The first-order valence-electron chi connectivity index (χ1n) is 4.21. The fourth-order valence-corrected chi connectivity index (χ4v) is 1.82. The number of carbonyl (C=O) groups excluding carboxylic acids is 2. The van der Waals surface area contributed by atoms with Crippen molar-refractivity contribution in [2.24, 2.45) is 0 Å². The first kappa shape index (κ1) is 9.85. The molecular weight excluding hydrogens is 216 g/mol. The van der Waals surface area contributed by atoms with Gasteiger partial charge in [-0.15, -0.1) is 0 Å². The molecule has 0 unspecified atom stereocenters. The van der Waals surface area contributed by atoms with Crippen LogP contribution in [-0.2, 0) is 11.3 Å². The third-order valence-corrected chi connectivity index (χ3v) is 2.58. The van der Waals surface area contributed by atoms with Gasteiger partial charge in [0, 0.05) is 5.56 Å². The smallest absolute Gasteiger partial charge is 0.266 e. The lowest BCUT2D eigenvalue weighted by Crippen LogP contribution is -2.12. The Balaban J connectivity index is 2.60. The minimum atomic E-state index is -0.325. The molecule has 0 spiro atoms. The summed E-state index contributed by atoms with van der Waals surface area (Å²) in [5.41, 5.74) is 1.18. The highest BCUT2D eigenvalue weighted by Crippen LogP contribution is 2.35. The summed E-state index contributed by atoms with van der Waals surface area (Å²) < 4.78 is 1.18. The standard InChI is InChI=1S/C9H8N2O3S/c12-4-10-6-1-2-7(13)5-3-11(15)9(14)8(5)6/h1-2,4,13,15H,3H2,(H,10,12). The molecule has 0 radical (unpaired) electrons. The number of rotatable bonds is 2. The molecule has 1 aromatic rings. The zero-order valence-electron chi connectivity index (χ0n) is 7.60. The minimum absolute atomic E-state index is 0.0337. The summed E-state index contributed by atoms with van der Waals surface area (Å²) in [6.45, 7) is 0.234. The molecule has 0 fully saturated rings. The molecule has 2 rings (SSSR count). The molecule has 0 aliphatic carbocycles. The molecule has 0 saturated carbocycles. The van der Waals surface area contributed by atoms with E-state index >= 15 is 0 Å². The summed E-state index contributed by atoms with van der Waals surface area (Å²) in [7, 11) is 0. The zero-order valence-corrected chi connectivity index (χ0v) is 8.49. The van der Waals surface area contributed by atoms with Crippen molar-refractivity contribution < 1.29 is 14.7 Å². The number of fused-ring (bicyclic) bond motifs is 1. The predicted molar refractivity (Wildman–Crippen MR) is 56.7 cm³/mol. The second-order valence-corrected chi connectivity index (χ2v) is 3.59. The SMILES string of the molecule is O=CNc1ccc(O)c2c1C(=O)N(S)C2. The van der Waals surface area contributed by atoms with Gasteiger partial charge in [0.2, 0.25) is 6.41 Å². The van der Waals surface area contributed by atoms with E-state index in [2.05, 4.69) is 18.1 Å². The average molecular weight is 224 g/mol. The topological polar surface area (TPSA) is 69.6 Å². The Kier molecular flexibility index (Phi) is 2.28. The van der Waals surface area contributed by atoms with Crippen LogP contribution in [0.3, 0.4) is 0 Å². The third kappa shape index (κ3) is 1.42. The number of phenolic OH excluding ortho intramolecular Hbond substituents is 1. The summed E-state index contributed by atoms with van der Waals surface area (Å²) >= 11 is 3.95. The van der Waals surface area contributed by atoms with Crippen LogP contribution in [0.5, 0.6) is 5.75 Å². The van der Waals surface area contributed by atoms with E-state index in [0.717, 1.165) is 0 Å².